The zero-order chi connectivity index (χ0) is 14.8. The Bertz CT molecular complexity index is 835. The van der Waals surface area contributed by atoms with Crippen LogP contribution < -0.4 is 5.69 Å². The van der Waals surface area contributed by atoms with Crippen molar-refractivity contribution in [2.45, 2.75) is 13.8 Å². The Hall–Kier alpha value is -2.75. The molecule has 1 N–H and O–H groups in total. The zero-order valence-corrected chi connectivity index (χ0v) is 11.9. The molecule has 0 bridgehead atoms. The summed E-state index contributed by atoms with van der Waals surface area (Å²) < 4.78 is 0. The Labute approximate surface area is 122 Å². The summed E-state index contributed by atoms with van der Waals surface area (Å²) in [5.74, 6) is 0. The van der Waals surface area contributed by atoms with E-state index in [1.165, 1.54) is 5.56 Å². The minimum atomic E-state index is -0.442. The molecular formula is C17H15N3O. The highest BCUT2D eigenvalue weighted by Crippen LogP contribution is 2.27. The highest BCUT2D eigenvalue weighted by molar-refractivity contribution is 5.77. The zero-order valence-electron chi connectivity index (χ0n) is 11.9. The number of H-pyrrole nitrogens is 1. The standard InChI is InChI=1S/C17H15N3O/c1-11-6-8-13(9-7-11)16-15(18-17(21)20-19-16)14-5-3-4-12(2)10-14/h3-10H,1-2H3,(H,18,20,21). The van der Waals surface area contributed by atoms with Crippen LogP contribution in [0, 0.1) is 13.8 Å². The lowest BCUT2D eigenvalue weighted by Gasteiger charge is -2.08. The Balaban J connectivity index is 2.22. The number of aromatic amines is 1. The number of benzene rings is 2. The van der Waals surface area contributed by atoms with Crippen LogP contribution in [0.15, 0.2) is 53.3 Å². The molecule has 0 radical (unpaired) electrons. The summed E-state index contributed by atoms with van der Waals surface area (Å²) in [6.07, 6.45) is 0. The summed E-state index contributed by atoms with van der Waals surface area (Å²) in [4.78, 5) is 15.7. The van der Waals surface area contributed by atoms with Gasteiger partial charge >= 0.3 is 5.69 Å². The fraction of sp³-hybridized carbons (Fsp3) is 0.118. The van der Waals surface area contributed by atoms with Crippen molar-refractivity contribution in [2.24, 2.45) is 0 Å². The molecule has 0 aliphatic rings. The Morgan fingerprint density at radius 3 is 2.33 bits per heavy atom. The van der Waals surface area contributed by atoms with E-state index in [1.54, 1.807) is 0 Å². The third-order valence-corrected chi connectivity index (χ3v) is 3.32. The van der Waals surface area contributed by atoms with Gasteiger partial charge in [-0.3, -0.25) is 0 Å². The molecule has 104 valence electrons. The number of aromatic nitrogens is 3. The summed E-state index contributed by atoms with van der Waals surface area (Å²) in [5.41, 5.74) is 4.96. The van der Waals surface area contributed by atoms with Gasteiger partial charge in [-0.1, -0.05) is 53.6 Å². The van der Waals surface area contributed by atoms with E-state index in [4.69, 9.17) is 0 Å². The molecule has 0 fully saturated rings. The van der Waals surface area contributed by atoms with Crippen molar-refractivity contribution >= 4 is 0 Å². The molecule has 3 rings (SSSR count). The van der Waals surface area contributed by atoms with Crippen LogP contribution >= 0.6 is 0 Å². The van der Waals surface area contributed by atoms with Crippen LogP contribution in [0.2, 0.25) is 0 Å². The molecule has 0 aliphatic heterocycles. The second-order valence-electron chi connectivity index (χ2n) is 5.07. The van der Waals surface area contributed by atoms with Gasteiger partial charge in [0.1, 0.15) is 11.4 Å². The van der Waals surface area contributed by atoms with Gasteiger partial charge in [0.2, 0.25) is 0 Å². The van der Waals surface area contributed by atoms with Crippen LogP contribution in [-0.4, -0.2) is 15.2 Å². The second kappa shape index (κ2) is 5.32. The van der Waals surface area contributed by atoms with Crippen molar-refractivity contribution in [1.82, 2.24) is 15.2 Å². The van der Waals surface area contributed by atoms with Crippen molar-refractivity contribution in [3.05, 3.63) is 70.1 Å². The smallest absolute Gasteiger partial charge is 0.244 e. The quantitative estimate of drug-likeness (QED) is 0.783. The van der Waals surface area contributed by atoms with Gasteiger partial charge in [-0.2, -0.15) is 10.1 Å². The van der Waals surface area contributed by atoms with Crippen molar-refractivity contribution < 1.29 is 0 Å². The van der Waals surface area contributed by atoms with Crippen LogP contribution in [-0.2, 0) is 0 Å². The molecular weight excluding hydrogens is 262 g/mol. The van der Waals surface area contributed by atoms with Gasteiger partial charge in [-0.15, -0.1) is 0 Å². The lowest BCUT2D eigenvalue weighted by Crippen LogP contribution is -2.14. The molecule has 0 amide bonds. The number of hydrogen-bond donors (Lipinski definition) is 1. The average Bonchev–Trinajstić information content (AvgIpc) is 2.48. The first-order valence-electron chi connectivity index (χ1n) is 6.74. The maximum Gasteiger partial charge on any atom is 0.361 e. The van der Waals surface area contributed by atoms with Gasteiger partial charge in [0.05, 0.1) is 0 Å². The molecule has 21 heavy (non-hydrogen) atoms. The Morgan fingerprint density at radius 2 is 1.62 bits per heavy atom. The van der Waals surface area contributed by atoms with Crippen LogP contribution in [0.1, 0.15) is 11.1 Å². The number of aryl methyl sites for hydroxylation is 2. The van der Waals surface area contributed by atoms with Crippen molar-refractivity contribution in [3.63, 3.8) is 0 Å². The van der Waals surface area contributed by atoms with Crippen LogP contribution in [0.4, 0.5) is 0 Å². The van der Waals surface area contributed by atoms with Gasteiger partial charge in [-0.05, 0) is 19.9 Å². The second-order valence-corrected chi connectivity index (χ2v) is 5.07. The average molecular weight is 277 g/mol. The maximum absolute atomic E-state index is 11.6. The summed E-state index contributed by atoms with van der Waals surface area (Å²) in [7, 11) is 0. The molecule has 0 atom stereocenters. The van der Waals surface area contributed by atoms with Crippen molar-refractivity contribution in [1.29, 1.82) is 0 Å². The number of nitrogens with zero attached hydrogens (tertiary/aromatic N) is 2. The molecule has 0 unspecified atom stereocenters. The van der Waals surface area contributed by atoms with Gasteiger partial charge in [0.15, 0.2) is 0 Å². The van der Waals surface area contributed by atoms with E-state index in [0.717, 1.165) is 16.7 Å². The topological polar surface area (TPSA) is 58.6 Å². The molecule has 1 heterocycles. The minimum Gasteiger partial charge on any atom is -0.244 e. The molecule has 3 aromatic rings. The monoisotopic (exact) mass is 277 g/mol. The van der Waals surface area contributed by atoms with Crippen LogP contribution in [0.25, 0.3) is 22.5 Å². The van der Waals surface area contributed by atoms with Crippen molar-refractivity contribution in [3.8, 4) is 22.5 Å². The molecule has 1 aromatic heterocycles. The first-order valence-corrected chi connectivity index (χ1v) is 6.74. The van der Waals surface area contributed by atoms with Gasteiger partial charge < -0.3 is 0 Å². The molecule has 0 spiro atoms. The molecule has 4 heteroatoms. The fourth-order valence-corrected chi connectivity index (χ4v) is 2.24. The molecule has 0 aliphatic carbocycles. The highest BCUT2D eigenvalue weighted by Gasteiger charge is 2.12. The molecule has 2 aromatic carbocycles. The highest BCUT2D eigenvalue weighted by atomic mass is 16.1. The predicted octanol–water partition coefficient (Wildman–Crippen LogP) is 3.12. The number of nitrogens with one attached hydrogen (secondary N) is 1. The summed E-state index contributed by atoms with van der Waals surface area (Å²) in [5, 5.41) is 6.61. The van der Waals surface area contributed by atoms with E-state index < -0.39 is 5.69 Å². The normalized spacial score (nSPS) is 10.6. The largest absolute Gasteiger partial charge is 0.361 e. The van der Waals surface area contributed by atoms with E-state index in [1.807, 2.05) is 62.4 Å². The Kier molecular flexibility index (Phi) is 3.36. The van der Waals surface area contributed by atoms with Gasteiger partial charge in [-0.25, -0.2) is 9.89 Å². The van der Waals surface area contributed by atoms with E-state index in [-0.39, 0.29) is 0 Å². The van der Waals surface area contributed by atoms with Crippen molar-refractivity contribution in [2.75, 3.05) is 0 Å². The van der Waals surface area contributed by atoms with Gasteiger partial charge in [0, 0.05) is 11.1 Å². The molecule has 0 saturated heterocycles. The molecule has 4 nitrogen and oxygen atoms in total. The number of rotatable bonds is 2. The van der Waals surface area contributed by atoms with E-state index in [9.17, 15) is 4.79 Å². The Morgan fingerprint density at radius 1 is 0.857 bits per heavy atom. The summed E-state index contributed by atoms with van der Waals surface area (Å²) in [6, 6.07) is 15.9. The SMILES string of the molecule is Cc1ccc(-c2n[nH]c(=O)nc2-c2cccc(C)c2)cc1. The molecule has 0 saturated carbocycles. The van der Waals surface area contributed by atoms with Crippen LogP contribution in [0.3, 0.4) is 0 Å². The summed E-state index contributed by atoms with van der Waals surface area (Å²) in [6.45, 7) is 4.04. The van der Waals surface area contributed by atoms with E-state index >= 15 is 0 Å². The first kappa shape index (κ1) is 13.2. The third kappa shape index (κ3) is 2.74. The van der Waals surface area contributed by atoms with Crippen LogP contribution in [0.5, 0.6) is 0 Å². The third-order valence-electron chi connectivity index (χ3n) is 3.32. The maximum atomic E-state index is 11.6. The fourth-order valence-electron chi connectivity index (χ4n) is 2.24. The van der Waals surface area contributed by atoms with E-state index in [2.05, 4.69) is 15.2 Å². The lowest BCUT2D eigenvalue weighted by molar-refractivity contribution is 0.925. The number of hydrogen-bond acceptors (Lipinski definition) is 3. The first-order chi connectivity index (χ1) is 10.1. The predicted molar refractivity (Wildman–Crippen MR) is 83.0 cm³/mol. The van der Waals surface area contributed by atoms with Gasteiger partial charge in [0.25, 0.3) is 0 Å². The van der Waals surface area contributed by atoms with E-state index in [0.29, 0.717) is 11.4 Å². The summed E-state index contributed by atoms with van der Waals surface area (Å²) >= 11 is 0. The minimum absolute atomic E-state index is 0.442. The lowest BCUT2D eigenvalue weighted by atomic mass is 10.0.